The third-order valence-corrected chi connectivity index (χ3v) is 14.3. The summed E-state index contributed by atoms with van der Waals surface area (Å²) in [6.07, 6.45) is 26.6. The summed E-state index contributed by atoms with van der Waals surface area (Å²) in [6, 6.07) is 0. The van der Waals surface area contributed by atoms with E-state index in [1.807, 2.05) is 0 Å². The van der Waals surface area contributed by atoms with Gasteiger partial charge in [-0.2, -0.15) is 0 Å². The molecule has 0 aromatic heterocycles. The highest BCUT2D eigenvalue weighted by Crippen LogP contribution is 2.67. The molecule has 4 unspecified atom stereocenters. The van der Waals surface area contributed by atoms with Gasteiger partial charge in [0, 0.05) is 11.1 Å². The molecule has 0 aromatic carbocycles. The number of carbonyl (C=O) groups excluding carboxylic acids is 2. The number of nitrogens with one attached hydrogen (secondary N) is 1. The SMILES string of the molecule is CC12CC3CC(C)(C1)CC(N)(C3)C2.CC12CC3CC(C)(C1)CC(NC=O)(C3)C2.CC12CC3CC(C1)CC(C)(C3)C2.Cl.Cl.NC=O. The van der Waals surface area contributed by atoms with Crippen LogP contribution in [0.25, 0.3) is 0 Å². The van der Waals surface area contributed by atoms with Gasteiger partial charge in [-0.25, -0.2) is 0 Å². The molecule has 0 saturated heterocycles. The topological polar surface area (TPSA) is 98.2 Å². The first kappa shape index (κ1) is 37.3. The second-order valence-corrected chi connectivity index (χ2v) is 20.9. The summed E-state index contributed by atoms with van der Waals surface area (Å²) in [5.74, 6) is 4.04. The van der Waals surface area contributed by atoms with Gasteiger partial charge >= 0.3 is 0 Å². The lowest BCUT2D eigenvalue weighted by molar-refractivity contribution is -0.131. The van der Waals surface area contributed by atoms with E-state index >= 15 is 0 Å². The predicted octanol–water partition coefficient (Wildman–Crippen LogP) is 8.73. The number of carbonyl (C=O) groups is 2. The third kappa shape index (κ3) is 7.56. The summed E-state index contributed by atoms with van der Waals surface area (Å²) in [5.41, 5.74) is 14.8. The Kier molecular flexibility index (Phi) is 10.0. The summed E-state index contributed by atoms with van der Waals surface area (Å²) in [6.45, 7) is 14.9. The summed E-state index contributed by atoms with van der Waals surface area (Å²) in [5, 5.41) is 3.16. The molecule has 12 aliphatic rings. The van der Waals surface area contributed by atoms with Crippen LogP contribution in [0.1, 0.15) is 157 Å². The van der Waals surface area contributed by atoms with Crippen LogP contribution in [0.2, 0.25) is 0 Å². The van der Waals surface area contributed by atoms with Crippen LogP contribution in [-0.4, -0.2) is 23.9 Å². The van der Waals surface area contributed by atoms with Crippen LogP contribution in [0.5, 0.6) is 0 Å². The lowest BCUT2D eigenvalue weighted by Gasteiger charge is -2.65. The van der Waals surface area contributed by atoms with Crippen molar-refractivity contribution in [2.45, 2.75) is 168 Å². The maximum Gasteiger partial charge on any atom is 0.207 e. The highest BCUT2D eigenvalue weighted by atomic mass is 35.5. The van der Waals surface area contributed by atoms with Gasteiger partial charge in [-0.3, -0.25) is 9.59 Å². The molecule has 12 rings (SSSR count). The average molecular weight is 669 g/mol. The van der Waals surface area contributed by atoms with Crippen LogP contribution in [-0.2, 0) is 9.59 Å². The van der Waals surface area contributed by atoms with Crippen LogP contribution < -0.4 is 16.8 Å². The molecule has 0 spiro atoms. The summed E-state index contributed by atoms with van der Waals surface area (Å²) in [4.78, 5) is 19.4. The fourth-order valence-corrected chi connectivity index (χ4v) is 16.5. The van der Waals surface area contributed by atoms with E-state index in [9.17, 15) is 4.79 Å². The van der Waals surface area contributed by atoms with E-state index in [1.54, 1.807) is 32.1 Å². The zero-order valence-electron chi connectivity index (χ0n) is 29.5. The van der Waals surface area contributed by atoms with Crippen LogP contribution in [0.3, 0.4) is 0 Å². The Morgan fingerprint density at radius 3 is 1.16 bits per heavy atom. The fraction of sp³-hybridized carbons (Fsp3) is 0.947. The Bertz CT molecular complexity index is 1010. The molecule has 260 valence electrons. The Balaban J connectivity index is 0.000000145. The van der Waals surface area contributed by atoms with Gasteiger partial charge in [-0.05, 0) is 172 Å². The molecule has 5 N–H and O–H groups in total. The standard InChI is InChI=1S/C13H21NO.C12H21N.C12H20.CH3NO.2ClH/c1-11-3-10-4-12(2,6-11)8-13(5-10,7-11)14-9-15;1-10-3-9-4-11(2,6-10)8-12(13,5-9)7-10;1-11-4-9-3-10(5-11)7-12(2,6-9)8-11;2-1-3;;/h9-10H,3-8H2,1-2H3,(H,14,15);9H,3-8,13H2,1-2H3;9-10H,3-8H2,1-2H3;1H,(H2,2,3);2*1H. The molecule has 45 heavy (non-hydrogen) atoms. The molecule has 12 aliphatic carbocycles. The first-order valence-corrected chi connectivity index (χ1v) is 18.0. The Morgan fingerprint density at radius 2 is 0.844 bits per heavy atom. The van der Waals surface area contributed by atoms with Crippen LogP contribution >= 0.6 is 24.8 Å². The van der Waals surface area contributed by atoms with E-state index < -0.39 is 0 Å². The average Bonchev–Trinajstić information content (AvgIpc) is 2.72. The van der Waals surface area contributed by atoms with E-state index in [4.69, 9.17) is 10.5 Å². The van der Waals surface area contributed by atoms with Gasteiger partial charge in [0.1, 0.15) is 0 Å². The molecule has 0 heterocycles. The summed E-state index contributed by atoms with van der Waals surface area (Å²) in [7, 11) is 0. The van der Waals surface area contributed by atoms with Crippen molar-refractivity contribution in [3.05, 3.63) is 0 Å². The molecule has 0 aliphatic heterocycles. The maximum absolute atomic E-state index is 10.8. The highest BCUT2D eigenvalue weighted by Gasteiger charge is 2.61. The first-order valence-electron chi connectivity index (χ1n) is 18.0. The van der Waals surface area contributed by atoms with E-state index in [1.165, 1.54) is 83.5 Å². The van der Waals surface area contributed by atoms with Crippen molar-refractivity contribution in [2.75, 3.05) is 0 Å². The number of nitrogens with two attached hydrogens (primary N) is 2. The minimum absolute atomic E-state index is 0. The summed E-state index contributed by atoms with van der Waals surface area (Å²) >= 11 is 0. The van der Waals surface area contributed by atoms with Crippen LogP contribution in [0.15, 0.2) is 0 Å². The van der Waals surface area contributed by atoms with Gasteiger partial charge in [0.05, 0.1) is 0 Å². The van der Waals surface area contributed by atoms with Crippen LogP contribution in [0.4, 0.5) is 0 Å². The predicted molar refractivity (Wildman–Crippen MR) is 189 cm³/mol. The lowest BCUT2D eigenvalue weighted by atomic mass is 9.43. The van der Waals surface area contributed by atoms with Gasteiger partial charge in [-0.15, -0.1) is 24.8 Å². The number of primary amides is 1. The molecule has 4 atom stereocenters. The second kappa shape index (κ2) is 12.1. The molecule has 2 amide bonds. The monoisotopic (exact) mass is 667 g/mol. The van der Waals surface area contributed by atoms with E-state index in [-0.39, 0.29) is 42.3 Å². The second-order valence-electron chi connectivity index (χ2n) is 20.9. The Morgan fingerprint density at radius 1 is 0.511 bits per heavy atom. The summed E-state index contributed by atoms with van der Waals surface area (Å²) < 4.78 is 0. The molecule has 7 heteroatoms. The Hall–Kier alpha value is -0.520. The van der Waals surface area contributed by atoms with E-state index in [0.29, 0.717) is 21.7 Å². The Labute approximate surface area is 287 Å². The van der Waals surface area contributed by atoms with Crippen molar-refractivity contribution >= 4 is 37.6 Å². The maximum atomic E-state index is 10.8. The zero-order valence-corrected chi connectivity index (χ0v) is 31.1. The molecule has 0 aromatic rings. The third-order valence-electron chi connectivity index (χ3n) is 14.3. The van der Waals surface area contributed by atoms with Crippen molar-refractivity contribution in [3.8, 4) is 0 Å². The van der Waals surface area contributed by atoms with Crippen molar-refractivity contribution in [3.63, 3.8) is 0 Å². The smallest absolute Gasteiger partial charge is 0.207 e. The molecule has 0 radical (unpaired) electrons. The van der Waals surface area contributed by atoms with Gasteiger partial charge in [0.15, 0.2) is 0 Å². The number of amides is 2. The molecule has 12 bridgehead atoms. The quantitative estimate of drug-likeness (QED) is 0.257. The molecular formula is C38H67Cl2N3O2. The van der Waals surface area contributed by atoms with Crippen LogP contribution in [0, 0.1) is 56.2 Å². The minimum Gasteiger partial charge on any atom is -0.372 e. The van der Waals surface area contributed by atoms with Gasteiger partial charge < -0.3 is 16.8 Å². The van der Waals surface area contributed by atoms with Gasteiger partial charge in [-0.1, -0.05) is 41.5 Å². The van der Waals surface area contributed by atoms with E-state index in [0.717, 1.165) is 40.9 Å². The highest BCUT2D eigenvalue weighted by molar-refractivity contribution is 5.85. The molecule has 12 saturated carbocycles. The number of rotatable bonds is 2. The zero-order chi connectivity index (χ0) is 31.2. The van der Waals surface area contributed by atoms with Crippen molar-refractivity contribution in [2.24, 2.45) is 67.6 Å². The largest absolute Gasteiger partial charge is 0.372 e. The number of hydrogen-bond donors (Lipinski definition) is 3. The van der Waals surface area contributed by atoms with Gasteiger partial charge in [0.2, 0.25) is 12.8 Å². The fourth-order valence-electron chi connectivity index (χ4n) is 16.5. The van der Waals surface area contributed by atoms with Gasteiger partial charge in [0.25, 0.3) is 0 Å². The normalized spacial score (nSPS) is 54.5. The number of hydrogen-bond acceptors (Lipinski definition) is 3. The number of halogens is 2. The van der Waals surface area contributed by atoms with Crippen molar-refractivity contribution in [1.82, 2.24) is 5.32 Å². The first-order chi connectivity index (χ1) is 19.9. The molecule has 12 fully saturated rings. The van der Waals surface area contributed by atoms with Crippen molar-refractivity contribution < 1.29 is 9.59 Å². The molecule has 5 nitrogen and oxygen atoms in total. The minimum atomic E-state index is 0. The lowest BCUT2D eigenvalue weighted by Crippen LogP contribution is -2.63. The molecular weight excluding hydrogens is 601 g/mol. The van der Waals surface area contributed by atoms with E-state index in [2.05, 4.69) is 52.6 Å². The van der Waals surface area contributed by atoms with Crippen molar-refractivity contribution in [1.29, 1.82) is 0 Å².